The van der Waals surface area contributed by atoms with Gasteiger partial charge in [0, 0.05) is 12.6 Å². The Labute approximate surface area is 80.2 Å². The molecule has 3 heteroatoms. The van der Waals surface area contributed by atoms with Gasteiger partial charge in [-0.25, -0.2) is 0 Å². The normalized spacial score (nSPS) is 13.5. The molecule has 1 N–H and O–H groups in total. The summed E-state index contributed by atoms with van der Waals surface area (Å²) in [6.45, 7) is 9.92. The van der Waals surface area contributed by atoms with Crippen LogP contribution in [-0.2, 0) is 9.53 Å². The Hall–Kier alpha value is -0.830. The first-order valence-corrected chi connectivity index (χ1v) is 4.38. The molecule has 0 aromatic carbocycles. The molecule has 0 aliphatic carbocycles. The van der Waals surface area contributed by atoms with Crippen LogP contribution in [0.25, 0.3) is 0 Å². The number of nitrogens with one attached hydrogen (secondary N) is 1. The zero-order valence-electron chi connectivity index (χ0n) is 8.89. The van der Waals surface area contributed by atoms with Crippen LogP contribution in [0.5, 0.6) is 0 Å². The lowest BCUT2D eigenvalue weighted by Gasteiger charge is -2.23. The van der Waals surface area contributed by atoms with Gasteiger partial charge in [0.1, 0.15) is 0 Å². The van der Waals surface area contributed by atoms with E-state index >= 15 is 0 Å². The minimum atomic E-state index is -0.480. The lowest BCUT2D eigenvalue weighted by molar-refractivity contribution is -0.150. The van der Waals surface area contributed by atoms with E-state index in [4.69, 9.17) is 0 Å². The minimum absolute atomic E-state index is 0.198. The predicted octanol–water partition coefficient (Wildman–Crippen LogP) is 1.35. The molecule has 0 amide bonds. The van der Waals surface area contributed by atoms with Crippen molar-refractivity contribution in [2.75, 3.05) is 13.7 Å². The summed E-state index contributed by atoms with van der Waals surface area (Å²) in [6, 6.07) is 0.212. The second-order valence-electron chi connectivity index (χ2n) is 3.78. The Morgan fingerprint density at radius 3 is 2.62 bits per heavy atom. The zero-order valence-corrected chi connectivity index (χ0v) is 8.89. The van der Waals surface area contributed by atoms with Gasteiger partial charge in [-0.15, -0.1) is 6.58 Å². The summed E-state index contributed by atoms with van der Waals surface area (Å²) in [5.41, 5.74) is -0.480. The quantitative estimate of drug-likeness (QED) is 0.519. The average molecular weight is 185 g/mol. The van der Waals surface area contributed by atoms with Crippen molar-refractivity contribution in [1.82, 2.24) is 5.32 Å². The Bertz CT molecular complexity index is 187. The van der Waals surface area contributed by atoms with Crippen molar-refractivity contribution < 1.29 is 9.53 Å². The monoisotopic (exact) mass is 185 g/mol. The molecule has 0 aliphatic heterocycles. The van der Waals surface area contributed by atoms with Gasteiger partial charge in [0.25, 0.3) is 0 Å². The smallest absolute Gasteiger partial charge is 0.312 e. The Morgan fingerprint density at radius 1 is 1.69 bits per heavy atom. The van der Waals surface area contributed by atoms with Crippen molar-refractivity contribution in [2.45, 2.75) is 26.8 Å². The maximum absolute atomic E-state index is 11.2. The molecular formula is C10H19NO2. The summed E-state index contributed by atoms with van der Waals surface area (Å²) in [7, 11) is 1.40. The van der Waals surface area contributed by atoms with Crippen LogP contribution in [0.1, 0.15) is 20.8 Å². The highest BCUT2D eigenvalue weighted by molar-refractivity contribution is 5.76. The summed E-state index contributed by atoms with van der Waals surface area (Å²) in [5.74, 6) is -0.198. The van der Waals surface area contributed by atoms with Gasteiger partial charge in [-0.1, -0.05) is 6.08 Å². The standard InChI is InChI=1S/C10H19NO2/c1-6-8(2)11-7-10(3,4)9(12)13-5/h6,8,11H,1,7H2,2-5H3. The first-order valence-electron chi connectivity index (χ1n) is 4.38. The third-order valence-corrected chi connectivity index (χ3v) is 1.96. The summed E-state index contributed by atoms with van der Waals surface area (Å²) in [6.07, 6.45) is 1.80. The van der Waals surface area contributed by atoms with Crippen molar-refractivity contribution in [2.24, 2.45) is 5.41 Å². The molecule has 0 saturated carbocycles. The third-order valence-electron chi connectivity index (χ3n) is 1.96. The number of rotatable bonds is 5. The SMILES string of the molecule is C=CC(C)NCC(C)(C)C(=O)OC. The molecule has 0 fully saturated rings. The number of methoxy groups -OCH3 is 1. The number of ether oxygens (including phenoxy) is 1. The lowest BCUT2D eigenvalue weighted by Crippen LogP contribution is -2.39. The zero-order chi connectivity index (χ0) is 10.5. The van der Waals surface area contributed by atoms with E-state index in [1.54, 1.807) is 6.08 Å². The van der Waals surface area contributed by atoms with Gasteiger partial charge < -0.3 is 10.1 Å². The molecule has 76 valence electrons. The van der Waals surface area contributed by atoms with Crippen molar-refractivity contribution in [3.8, 4) is 0 Å². The van der Waals surface area contributed by atoms with Crippen LogP contribution in [0.2, 0.25) is 0 Å². The molecule has 1 unspecified atom stereocenters. The number of hydrogen-bond acceptors (Lipinski definition) is 3. The van der Waals surface area contributed by atoms with Gasteiger partial charge in [-0.05, 0) is 20.8 Å². The van der Waals surface area contributed by atoms with Crippen LogP contribution in [0.4, 0.5) is 0 Å². The fourth-order valence-corrected chi connectivity index (χ4v) is 0.848. The van der Waals surface area contributed by atoms with Crippen molar-refractivity contribution >= 4 is 5.97 Å². The Balaban J connectivity index is 4.02. The Kier molecular flexibility index (Phi) is 4.70. The van der Waals surface area contributed by atoms with E-state index in [-0.39, 0.29) is 12.0 Å². The molecule has 0 saturated heterocycles. The molecule has 3 nitrogen and oxygen atoms in total. The predicted molar refractivity (Wildman–Crippen MR) is 53.5 cm³/mol. The first kappa shape index (κ1) is 12.2. The van der Waals surface area contributed by atoms with Crippen molar-refractivity contribution in [3.63, 3.8) is 0 Å². The van der Waals surface area contributed by atoms with Crippen molar-refractivity contribution in [1.29, 1.82) is 0 Å². The summed E-state index contributed by atoms with van der Waals surface area (Å²) in [5, 5.41) is 3.17. The average Bonchev–Trinajstić information content (AvgIpc) is 2.12. The van der Waals surface area contributed by atoms with E-state index in [0.29, 0.717) is 6.54 Å². The van der Waals surface area contributed by atoms with Gasteiger partial charge in [0.15, 0.2) is 0 Å². The molecule has 0 radical (unpaired) electrons. The molecule has 0 aromatic rings. The van der Waals surface area contributed by atoms with E-state index in [2.05, 4.69) is 16.6 Å². The minimum Gasteiger partial charge on any atom is -0.469 e. The maximum Gasteiger partial charge on any atom is 0.312 e. The second-order valence-corrected chi connectivity index (χ2v) is 3.78. The van der Waals surface area contributed by atoms with E-state index in [1.807, 2.05) is 20.8 Å². The lowest BCUT2D eigenvalue weighted by atomic mass is 9.93. The summed E-state index contributed by atoms with van der Waals surface area (Å²) < 4.78 is 4.68. The van der Waals surface area contributed by atoms with Gasteiger partial charge in [-0.3, -0.25) is 4.79 Å². The molecule has 13 heavy (non-hydrogen) atoms. The van der Waals surface area contributed by atoms with Crippen LogP contribution in [-0.4, -0.2) is 25.7 Å². The fourth-order valence-electron chi connectivity index (χ4n) is 0.848. The molecule has 0 aromatic heterocycles. The Morgan fingerprint density at radius 2 is 2.23 bits per heavy atom. The summed E-state index contributed by atoms with van der Waals surface area (Å²) >= 11 is 0. The van der Waals surface area contributed by atoms with Gasteiger partial charge >= 0.3 is 5.97 Å². The van der Waals surface area contributed by atoms with E-state index < -0.39 is 5.41 Å². The van der Waals surface area contributed by atoms with Crippen LogP contribution < -0.4 is 5.32 Å². The van der Waals surface area contributed by atoms with Gasteiger partial charge in [0.05, 0.1) is 12.5 Å². The van der Waals surface area contributed by atoms with E-state index in [0.717, 1.165) is 0 Å². The highest BCUT2D eigenvalue weighted by atomic mass is 16.5. The topological polar surface area (TPSA) is 38.3 Å². The molecule has 0 heterocycles. The van der Waals surface area contributed by atoms with Crippen molar-refractivity contribution in [3.05, 3.63) is 12.7 Å². The summed E-state index contributed by atoms with van der Waals surface area (Å²) in [4.78, 5) is 11.2. The molecule has 0 aliphatic rings. The first-order chi connectivity index (χ1) is 5.94. The number of carbonyl (C=O) groups excluding carboxylic acids is 1. The van der Waals surface area contributed by atoms with E-state index in [1.165, 1.54) is 7.11 Å². The largest absolute Gasteiger partial charge is 0.469 e. The second kappa shape index (κ2) is 5.02. The molecular weight excluding hydrogens is 166 g/mol. The molecule has 0 bridgehead atoms. The molecule has 0 rings (SSSR count). The molecule has 0 spiro atoms. The fraction of sp³-hybridized carbons (Fsp3) is 0.700. The number of esters is 1. The van der Waals surface area contributed by atoms with Crippen LogP contribution in [0.3, 0.4) is 0 Å². The number of hydrogen-bond donors (Lipinski definition) is 1. The highest BCUT2D eigenvalue weighted by Gasteiger charge is 2.28. The van der Waals surface area contributed by atoms with Crippen LogP contribution >= 0.6 is 0 Å². The highest BCUT2D eigenvalue weighted by Crippen LogP contribution is 2.15. The van der Waals surface area contributed by atoms with Crippen LogP contribution in [0, 0.1) is 5.41 Å². The van der Waals surface area contributed by atoms with Gasteiger partial charge in [0.2, 0.25) is 0 Å². The maximum atomic E-state index is 11.2. The third kappa shape index (κ3) is 4.08. The van der Waals surface area contributed by atoms with Crippen LogP contribution in [0.15, 0.2) is 12.7 Å². The molecule has 1 atom stereocenters. The van der Waals surface area contributed by atoms with Gasteiger partial charge in [-0.2, -0.15) is 0 Å². The number of carbonyl (C=O) groups is 1. The van der Waals surface area contributed by atoms with E-state index in [9.17, 15) is 4.79 Å².